The van der Waals surface area contributed by atoms with Crippen molar-refractivity contribution < 1.29 is 14.6 Å². The molecular formula is C26H25N3O3S. The maximum absolute atomic E-state index is 11.0. The van der Waals surface area contributed by atoms with Gasteiger partial charge in [-0.2, -0.15) is 0 Å². The lowest BCUT2D eigenvalue weighted by atomic mass is 9.95. The number of ether oxygens (including phenoxy) is 1. The minimum absolute atomic E-state index is 0.0254. The first-order valence-corrected chi connectivity index (χ1v) is 12.1. The van der Waals surface area contributed by atoms with Crippen LogP contribution >= 0.6 is 11.8 Å². The maximum Gasteiger partial charge on any atom is 0.335 e. The van der Waals surface area contributed by atoms with Crippen molar-refractivity contribution in [2.45, 2.75) is 38.1 Å². The smallest absolute Gasteiger partial charge is 0.335 e. The second-order valence-corrected chi connectivity index (χ2v) is 9.18. The van der Waals surface area contributed by atoms with Gasteiger partial charge in [0.2, 0.25) is 0 Å². The van der Waals surface area contributed by atoms with Gasteiger partial charge in [-0.3, -0.25) is 9.98 Å². The zero-order chi connectivity index (χ0) is 22.8. The Morgan fingerprint density at radius 3 is 2.58 bits per heavy atom. The van der Waals surface area contributed by atoms with E-state index >= 15 is 0 Å². The number of hydrogen-bond donors (Lipinski definition) is 1. The van der Waals surface area contributed by atoms with E-state index in [-0.39, 0.29) is 17.6 Å². The van der Waals surface area contributed by atoms with Crippen LogP contribution in [0.4, 0.5) is 0 Å². The van der Waals surface area contributed by atoms with Crippen LogP contribution in [0.1, 0.15) is 52.6 Å². The Hall–Kier alpha value is -3.32. The van der Waals surface area contributed by atoms with Crippen molar-refractivity contribution in [3.8, 4) is 5.75 Å². The minimum Gasteiger partial charge on any atom is -0.489 e. The molecule has 5 rings (SSSR count). The van der Waals surface area contributed by atoms with Crippen LogP contribution < -0.4 is 4.74 Å². The van der Waals surface area contributed by atoms with Gasteiger partial charge in [0, 0.05) is 18.0 Å². The molecule has 7 heteroatoms. The van der Waals surface area contributed by atoms with Crippen LogP contribution in [-0.4, -0.2) is 37.9 Å². The van der Waals surface area contributed by atoms with Crippen molar-refractivity contribution in [3.05, 3.63) is 95.3 Å². The summed E-state index contributed by atoms with van der Waals surface area (Å²) in [6, 6.07) is 21.6. The lowest BCUT2D eigenvalue weighted by Gasteiger charge is -2.32. The van der Waals surface area contributed by atoms with Crippen LogP contribution in [0.3, 0.4) is 0 Å². The Kier molecular flexibility index (Phi) is 6.05. The molecule has 1 aromatic heterocycles. The Balaban J connectivity index is 1.34. The van der Waals surface area contributed by atoms with E-state index in [0.717, 1.165) is 34.3 Å². The van der Waals surface area contributed by atoms with Gasteiger partial charge in [0.25, 0.3) is 0 Å². The molecule has 2 aliphatic rings. The number of amidine groups is 1. The fourth-order valence-corrected chi connectivity index (χ4v) is 5.72. The van der Waals surface area contributed by atoms with E-state index < -0.39 is 5.97 Å². The number of carbonyl (C=O) groups is 1. The Labute approximate surface area is 197 Å². The number of carboxylic acids is 1. The fraction of sp³-hybridized carbons (Fsp3) is 0.269. The Bertz CT molecular complexity index is 1150. The molecule has 2 aliphatic heterocycles. The summed E-state index contributed by atoms with van der Waals surface area (Å²) in [7, 11) is 0. The van der Waals surface area contributed by atoms with Gasteiger partial charge in [-0.15, -0.1) is 0 Å². The van der Waals surface area contributed by atoms with Crippen LogP contribution in [0.25, 0.3) is 0 Å². The number of carboxylic acid groups (broad SMARTS) is 1. The largest absolute Gasteiger partial charge is 0.489 e. The van der Waals surface area contributed by atoms with Crippen molar-refractivity contribution in [2.75, 3.05) is 5.75 Å². The first-order valence-electron chi connectivity index (χ1n) is 11.1. The second kappa shape index (κ2) is 9.27. The zero-order valence-electron chi connectivity index (χ0n) is 18.3. The molecule has 2 aromatic carbocycles. The molecule has 1 N–H and O–H groups in total. The van der Waals surface area contributed by atoms with Gasteiger partial charge in [-0.25, -0.2) is 4.79 Å². The summed E-state index contributed by atoms with van der Waals surface area (Å²) < 4.78 is 5.94. The summed E-state index contributed by atoms with van der Waals surface area (Å²) in [5, 5.41) is 10.1. The quantitative estimate of drug-likeness (QED) is 0.514. The molecule has 168 valence electrons. The highest BCUT2D eigenvalue weighted by Gasteiger charge is 2.45. The first kappa shape index (κ1) is 21.5. The molecule has 0 unspecified atom stereocenters. The molecule has 0 saturated carbocycles. The van der Waals surface area contributed by atoms with Gasteiger partial charge in [-0.05, 0) is 53.9 Å². The van der Waals surface area contributed by atoms with Crippen LogP contribution in [0.15, 0.2) is 77.9 Å². The van der Waals surface area contributed by atoms with Gasteiger partial charge < -0.3 is 14.7 Å². The van der Waals surface area contributed by atoms with E-state index in [2.05, 4.69) is 35.0 Å². The van der Waals surface area contributed by atoms with Crippen molar-refractivity contribution in [2.24, 2.45) is 4.99 Å². The molecule has 0 spiro atoms. The average molecular weight is 460 g/mol. The molecule has 3 atom stereocenters. The third-order valence-corrected chi connectivity index (χ3v) is 7.28. The number of fused-ring (bicyclic) bond motifs is 1. The molecule has 1 fully saturated rings. The molecule has 6 nitrogen and oxygen atoms in total. The highest BCUT2D eigenvalue weighted by atomic mass is 32.2. The van der Waals surface area contributed by atoms with E-state index in [1.54, 1.807) is 24.3 Å². The van der Waals surface area contributed by atoms with E-state index in [1.165, 1.54) is 5.56 Å². The monoisotopic (exact) mass is 459 g/mol. The number of benzene rings is 2. The van der Waals surface area contributed by atoms with Gasteiger partial charge in [0.1, 0.15) is 18.4 Å². The highest BCUT2D eigenvalue weighted by molar-refractivity contribution is 8.14. The minimum atomic E-state index is -0.928. The molecule has 3 heterocycles. The van der Waals surface area contributed by atoms with Crippen molar-refractivity contribution in [3.63, 3.8) is 0 Å². The second-order valence-electron chi connectivity index (χ2n) is 8.20. The predicted octanol–water partition coefficient (Wildman–Crippen LogP) is 5.34. The number of aromatic carboxylic acids is 1. The molecule has 0 aliphatic carbocycles. The van der Waals surface area contributed by atoms with Crippen molar-refractivity contribution >= 4 is 22.9 Å². The van der Waals surface area contributed by atoms with E-state index in [0.29, 0.717) is 12.6 Å². The lowest BCUT2D eigenvalue weighted by molar-refractivity contribution is 0.0697. The molecule has 0 amide bonds. The average Bonchev–Trinajstić information content (AvgIpc) is 3.43. The highest BCUT2D eigenvalue weighted by Crippen LogP contribution is 2.48. The first-order chi connectivity index (χ1) is 16.1. The van der Waals surface area contributed by atoms with Crippen molar-refractivity contribution in [1.29, 1.82) is 0 Å². The van der Waals surface area contributed by atoms with Crippen molar-refractivity contribution in [1.82, 2.24) is 9.88 Å². The van der Waals surface area contributed by atoms with E-state index in [9.17, 15) is 4.79 Å². The number of pyridine rings is 1. The predicted molar refractivity (Wildman–Crippen MR) is 130 cm³/mol. The third-order valence-electron chi connectivity index (χ3n) is 6.16. The fourth-order valence-electron chi connectivity index (χ4n) is 4.38. The van der Waals surface area contributed by atoms with Crippen LogP contribution in [0.2, 0.25) is 0 Å². The van der Waals surface area contributed by atoms with Crippen LogP contribution in [0.5, 0.6) is 5.75 Å². The molecule has 1 saturated heterocycles. The normalized spacial score (nSPS) is 21.5. The summed E-state index contributed by atoms with van der Waals surface area (Å²) >= 11 is 1.84. The van der Waals surface area contributed by atoms with Gasteiger partial charge in [0.15, 0.2) is 5.17 Å². The van der Waals surface area contributed by atoms with Gasteiger partial charge >= 0.3 is 5.97 Å². The Morgan fingerprint density at radius 2 is 1.91 bits per heavy atom. The van der Waals surface area contributed by atoms with Crippen LogP contribution in [0, 0.1) is 0 Å². The van der Waals surface area contributed by atoms with E-state index in [1.807, 2.05) is 42.2 Å². The number of aromatic nitrogens is 1. The summed E-state index contributed by atoms with van der Waals surface area (Å²) in [6.45, 7) is 2.62. The molecule has 0 radical (unpaired) electrons. The lowest BCUT2D eigenvalue weighted by Crippen LogP contribution is -2.35. The standard InChI is InChI=1S/C26H25N3O3S/c1-2-20-16-33-26-28-23(22-5-3-4-14-27-22)24(29(20)26)18-10-12-21(13-11-18)32-15-17-6-8-19(9-7-17)25(30)31/h3-14,20,23-24H,2,15-16H2,1H3,(H,30,31)/t20-,23-,24-/m1/s1. The Morgan fingerprint density at radius 1 is 1.12 bits per heavy atom. The molecule has 0 bridgehead atoms. The number of nitrogens with zero attached hydrogens (tertiary/aromatic N) is 3. The summed E-state index contributed by atoms with van der Waals surface area (Å²) in [5.74, 6) is 0.920. The van der Waals surface area contributed by atoms with Gasteiger partial charge in [0.05, 0.1) is 17.3 Å². The SMILES string of the molecule is CC[C@@H]1CSC2=N[C@H](c3ccccn3)[C@@H](c3ccc(OCc4ccc(C(=O)O)cc4)cc3)N21. The molecule has 33 heavy (non-hydrogen) atoms. The third kappa shape index (κ3) is 4.33. The topological polar surface area (TPSA) is 75.0 Å². The summed E-state index contributed by atoms with van der Waals surface area (Å²) in [6.07, 6.45) is 2.92. The number of thioether (sulfide) groups is 1. The summed E-state index contributed by atoms with van der Waals surface area (Å²) in [4.78, 5) is 23.2. The summed E-state index contributed by atoms with van der Waals surface area (Å²) in [5.41, 5.74) is 3.38. The molecular weight excluding hydrogens is 434 g/mol. The van der Waals surface area contributed by atoms with E-state index in [4.69, 9.17) is 14.8 Å². The zero-order valence-corrected chi connectivity index (χ0v) is 19.1. The van der Waals surface area contributed by atoms with Crippen LogP contribution in [-0.2, 0) is 6.61 Å². The molecule has 3 aromatic rings. The number of rotatable bonds is 7. The maximum atomic E-state index is 11.0. The number of aliphatic imine (C=N–C) groups is 1. The van der Waals surface area contributed by atoms with Gasteiger partial charge in [-0.1, -0.05) is 49.0 Å². The number of hydrogen-bond acceptors (Lipinski definition) is 6.